The fraction of sp³-hybridized carbons (Fsp3) is 0.714. The summed E-state index contributed by atoms with van der Waals surface area (Å²) in [5, 5.41) is 4.43. The summed E-state index contributed by atoms with van der Waals surface area (Å²) in [6.07, 6.45) is 2.21. The molecule has 1 aliphatic heterocycles. The third-order valence-corrected chi connectivity index (χ3v) is 3.70. The molecule has 2 rings (SSSR count). The Bertz CT molecular complexity index is 428. The van der Waals surface area contributed by atoms with Crippen LogP contribution in [0.25, 0.3) is 0 Å². The van der Waals surface area contributed by atoms with E-state index in [-0.39, 0.29) is 5.91 Å². The van der Waals surface area contributed by atoms with Gasteiger partial charge in [0.25, 0.3) is 5.91 Å². The highest BCUT2D eigenvalue weighted by Gasteiger charge is 2.23. The van der Waals surface area contributed by atoms with Crippen LogP contribution in [0.1, 0.15) is 55.8 Å². The normalized spacial score (nSPS) is 17.5. The van der Waals surface area contributed by atoms with Gasteiger partial charge in [0, 0.05) is 24.8 Å². The monoisotopic (exact) mass is 249 g/mol. The zero-order valence-electron chi connectivity index (χ0n) is 11.8. The molecule has 4 heteroatoms. The van der Waals surface area contributed by atoms with Gasteiger partial charge in [0.05, 0.1) is 0 Å². The highest BCUT2D eigenvalue weighted by molar-refractivity contribution is 5.92. The number of aryl methyl sites for hydroxylation is 1. The molecule has 0 saturated carbocycles. The average molecular weight is 249 g/mol. The van der Waals surface area contributed by atoms with Crippen LogP contribution in [-0.2, 0) is 0 Å². The highest BCUT2D eigenvalue weighted by Crippen LogP contribution is 2.19. The second kappa shape index (κ2) is 5.12. The number of aromatic nitrogens is 2. The zero-order valence-corrected chi connectivity index (χ0v) is 11.8. The summed E-state index contributed by atoms with van der Waals surface area (Å²) in [6, 6.07) is 2.20. The van der Waals surface area contributed by atoms with Gasteiger partial charge in [-0.15, -0.1) is 0 Å². The Morgan fingerprint density at radius 1 is 1.39 bits per heavy atom. The molecule has 1 aliphatic rings. The lowest BCUT2D eigenvalue weighted by Crippen LogP contribution is -2.38. The number of nitrogens with zero attached hydrogens (tertiary/aromatic N) is 3. The lowest BCUT2D eigenvalue weighted by molar-refractivity contribution is 0.0690. The van der Waals surface area contributed by atoms with E-state index in [1.54, 1.807) is 0 Å². The first-order chi connectivity index (χ1) is 8.49. The maximum atomic E-state index is 12.3. The van der Waals surface area contributed by atoms with Crippen molar-refractivity contribution < 1.29 is 4.79 Å². The minimum atomic E-state index is 0.0874. The minimum absolute atomic E-state index is 0.0874. The summed E-state index contributed by atoms with van der Waals surface area (Å²) < 4.78 is 1.92. The maximum absolute atomic E-state index is 12.3. The van der Waals surface area contributed by atoms with Crippen LogP contribution in [0.4, 0.5) is 0 Å². The average Bonchev–Trinajstić information content (AvgIpc) is 2.71. The van der Waals surface area contributed by atoms with E-state index < -0.39 is 0 Å². The minimum Gasteiger partial charge on any atom is -0.337 e. The van der Waals surface area contributed by atoms with Gasteiger partial charge in [-0.3, -0.25) is 9.48 Å². The zero-order chi connectivity index (χ0) is 13.3. The second-order valence-electron chi connectivity index (χ2n) is 5.68. The molecule has 1 aromatic heterocycles. The van der Waals surface area contributed by atoms with Gasteiger partial charge in [-0.2, -0.15) is 5.10 Å². The number of likely N-dealkylation sites (tertiary alicyclic amines) is 1. The van der Waals surface area contributed by atoms with Crippen molar-refractivity contribution in [3.63, 3.8) is 0 Å². The number of carbonyl (C=O) groups excluding carboxylic acids is 1. The summed E-state index contributed by atoms with van der Waals surface area (Å²) in [6.45, 7) is 10.1. The van der Waals surface area contributed by atoms with Crippen molar-refractivity contribution in [1.82, 2.24) is 14.7 Å². The van der Waals surface area contributed by atoms with Crippen LogP contribution in [-0.4, -0.2) is 33.7 Å². The van der Waals surface area contributed by atoms with Crippen molar-refractivity contribution in [1.29, 1.82) is 0 Å². The summed E-state index contributed by atoms with van der Waals surface area (Å²) in [5.41, 5.74) is 1.65. The van der Waals surface area contributed by atoms with Crippen molar-refractivity contribution in [3.8, 4) is 0 Å². The molecule has 0 aliphatic carbocycles. The van der Waals surface area contributed by atoms with Gasteiger partial charge in [0.15, 0.2) is 5.69 Å². The smallest absolute Gasteiger partial charge is 0.274 e. The van der Waals surface area contributed by atoms with E-state index in [2.05, 4.69) is 25.9 Å². The molecule has 1 amide bonds. The quantitative estimate of drug-likeness (QED) is 0.808. The van der Waals surface area contributed by atoms with Gasteiger partial charge in [0.2, 0.25) is 0 Å². The highest BCUT2D eigenvalue weighted by atomic mass is 16.2. The van der Waals surface area contributed by atoms with E-state index in [9.17, 15) is 4.79 Å². The molecule has 0 bridgehead atoms. The van der Waals surface area contributed by atoms with Gasteiger partial charge in [-0.25, -0.2) is 0 Å². The van der Waals surface area contributed by atoms with Crippen molar-refractivity contribution >= 4 is 5.91 Å². The van der Waals surface area contributed by atoms with Crippen LogP contribution in [0, 0.1) is 12.8 Å². The topological polar surface area (TPSA) is 38.1 Å². The van der Waals surface area contributed by atoms with Crippen molar-refractivity contribution in [3.05, 3.63) is 17.5 Å². The van der Waals surface area contributed by atoms with Gasteiger partial charge < -0.3 is 4.90 Å². The van der Waals surface area contributed by atoms with Crippen LogP contribution in [0.5, 0.6) is 0 Å². The summed E-state index contributed by atoms with van der Waals surface area (Å²) in [4.78, 5) is 14.3. The molecular weight excluding hydrogens is 226 g/mol. The molecule has 1 aromatic rings. The van der Waals surface area contributed by atoms with E-state index >= 15 is 0 Å². The molecule has 4 nitrogen and oxygen atoms in total. The third kappa shape index (κ3) is 2.57. The Labute approximate surface area is 109 Å². The fourth-order valence-electron chi connectivity index (χ4n) is 2.49. The first kappa shape index (κ1) is 13.1. The maximum Gasteiger partial charge on any atom is 0.274 e. The van der Waals surface area contributed by atoms with Gasteiger partial charge in [-0.05, 0) is 45.6 Å². The third-order valence-electron chi connectivity index (χ3n) is 3.70. The summed E-state index contributed by atoms with van der Waals surface area (Å²) >= 11 is 0. The molecule has 0 aromatic carbocycles. The molecular formula is C14H23N3O. The van der Waals surface area contributed by atoms with Gasteiger partial charge in [-0.1, -0.05) is 6.92 Å². The number of amides is 1. The number of hydrogen-bond donors (Lipinski definition) is 0. The standard InChI is InChI=1S/C14H23N3O/c1-10(2)17-12(4)9-13(15-17)14(18)16-7-5-11(3)6-8-16/h9-11H,5-8H2,1-4H3. The molecule has 0 unspecified atom stereocenters. The largest absolute Gasteiger partial charge is 0.337 e. The number of rotatable bonds is 2. The SMILES string of the molecule is Cc1cc(C(=O)N2CCC(C)CC2)nn1C(C)C. The molecule has 0 radical (unpaired) electrons. The summed E-state index contributed by atoms with van der Waals surface area (Å²) in [5.74, 6) is 0.827. The Hall–Kier alpha value is -1.32. The Kier molecular flexibility index (Phi) is 3.73. The molecule has 1 fully saturated rings. The molecule has 0 N–H and O–H groups in total. The number of piperidine rings is 1. The Morgan fingerprint density at radius 2 is 2.00 bits per heavy atom. The first-order valence-corrected chi connectivity index (χ1v) is 6.84. The predicted octanol–water partition coefficient (Wildman–Crippen LogP) is 2.64. The van der Waals surface area contributed by atoms with E-state index in [1.807, 2.05) is 22.6 Å². The number of carbonyl (C=O) groups is 1. The lowest BCUT2D eigenvalue weighted by atomic mass is 9.99. The second-order valence-corrected chi connectivity index (χ2v) is 5.68. The van der Waals surface area contributed by atoms with Gasteiger partial charge in [0.1, 0.15) is 0 Å². The molecule has 1 saturated heterocycles. The van der Waals surface area contributed by atoms with E-state index in [1.165, 1.54) is 0 Å². The molecule has 100 valence electrons. The van der Waals surface area contributed by atoms with Gasteiger partial charge >= 0.3 is 0 Å². The van der Waals surface area contributed by atoms with Crippen molar-refractivity contribution in [2.24, 2.45) is 5.92 Å². The predicted molar refractivity (Wildman–Crippen MR) is 71.7 cm³/mol. The first-order valence-electron chi connectivity index (χ1n) is 6.84. The Morgan fingerprint density at radius 3 is 2.50 bits per heavy atom. The molecule has 2 heterocycles. The van der Waals surface area contributed by atoms with Crippen molar-refractivity contribution in [2.45, 2.75) is 46.6 Å². The summed E-state index contributed by atoms with van der Waals surface area (Å²) in [7, 11) is 0. The lowest BCUT2D eigenvalue weighted by Gasteiger charge is -2.29. The van der Waals surface area contributed by atoms with Crippen LogP contribution < -0.4 is 0 Å². The van der Waals surface area contributed by atoms with Crippen LogP contribution in [0.15, 0.2) is 6.07 Å². The van der Waals surface area contributed by atoms with E-state index in [0.717, 1.165) is 37.5 Å². The Balaban J connectivity index is 2.11. The van der Waals surface area contributed by atoms with Crippen molar-refractivity contribution in [2.75, 3.05) is 13.1 Å². The fourth-order valence-corrected chi connectivity index (χ4v) is 2.49. The molecule has 0 spiro atoms. The van der Waals surface area contributed by atoms with Crippen LogP contribution in [0.3, 0.4) is 0 Å². The molecule has 18 heavy (non-hydrogen) atoms. The molecule has 0 atom stereocenters. The number of hydrogen-bond acceptors (Lipinski definition) is 2. The van der Waals surface area contributed by atoms with Crippen LogP contribution >= 0.6 is 0 Å². The van der Waals surface area contributed by atoms with E-state index in [0.29, 0.717) is 11.7 Å². The van der Waals surface area contributed by atoms with Crippen LogP contribution in [0.2, 0.25) is 0 Å². The van der Waals surface area contributed by atoms with E-state index in [4.69, 9.17) is 0 Å².